The van der Waals surface area contributed by atoms with E-state index in [9.17, 15) is 9.59 Å². The van der Waals surface area contributed by atoms with Gasteiger partial charge in [-0.1, -0.05) is 29.3 Å². The van der Waals surface area contributed by atoms with Crippen molar-refractivity contribution >= 4 is 35.1 Å². The number of rotatable bonds is 3. The van der Waals surface area contributed by atoms with E-state index in [2.05, 4.69) is 0 Å². The molecule has 0 bridgehead atoms. The highest BCUT2D eigenvalue weighted by atomic mass is 35.5. The summed E-state index contributed by atoms with van der Waals surface area (Å²) in [7, 11) is 0. The zero-order valence-electron chi connectivity index (χ0n) is 10.2. The van der Waals surface area contributed by atoms with Gasteiger partial charge in [-0.3, -0.25) is 9.59 Å². The third kappa shape index (κ3) is 2.85. The average Bonchev–Trinajstić information content (AvgIpc) is 2.75. The predicted molar refractivity (Wildman–Crippen MR) is 70.3 cm³/mol. The molecule has 1 fully saturated rings. The number of benzene rings is 1. The predicted octanol–water partition coefficient (Wildman–Crippen LogP) is 2.81. The van der Waals surface area contributed by atoms with E-state index in [4.69, 9.17) is 32.7 Å². The van der Waals surface area contributed by atoms with Gasteiger partial charge in [0.2, 0.25) is 0 Å². The highest BCUT2D eigenvalue weighted by molar-refractivity contribution is 6.42. The summed E-state index contributed by atoms with van der Waals surface area (Å²) < 4.78 is 9.86. The van der Waals surface area contributed by atoms with E-state index in [0.717, 1.165) is 5.56 Å². The van der Waals surface area contributed by atoms with E-state index in [1.54, 1.807) is 25.1 Å². The molecule has 2 atom stereocenters. The molecule has 1 aromatic carbocycles. The van der Waals surface area contributed by atoms with Gasteiger partial charge in [0.15, 0.2) is 5.92 Å². The van der Waals surface area contributed by atoms with Crippen LogP contribution in [0.4, 0.5) is 0 Å². The van der Waals surface area contributed by atoms with Crippen LogP contribution in [0.15, 0.2) is 18.2 Å². The lowest BCUT2D eigenvalue weighted by molar-refractivity contribution is -0.155. The topological polar surface area (TPSA) is 52.6 Å². The first-order chi connectivity index (χ1) is 9.04. The first-order valence-corrected chi connectivity index (χ1v) is 6.58. The first-order valence-electron chi connectivity index (χ1n) is 5.82. The minimum atomic E-state index is -0.933. The summed E-state index contributed by atoms with van der Waals surface area (Å²) in [6.45, 7) is 2.04. The minimum absolute atomic E-state index is 0.139. The standard InChI is InChI=1S/C13H12Cl2O4/c1-2-18-12(16)11-8(6-19-13(11)17)7-3-4-9(14)10(15)5-7/h3-5,8,11H,2,6H2,1H3. The summed E-state index contributed by atoms with van der Waals surface area (Å²) in [5, 5.41) is 0.796. The maximum atomic E-state index is 11.8. The van der Waals surface area contributed by atoms with Crippen LogP contribution in [0.5, 0.6) is 0 Å². The molecular weight excluding hydrogens is 291 g/mol. The number of esters is 2. The zero-order valence-corrected chi connectivity index (χ0v) is 11.7. The Balaban J connectivity index is 2.29. The number of carbonyl (C=O) groups is 2. The van der Waals surface area contributed by atoms with Gasteiger partial charge in [-0.2, -0.15) is 0 Å². The molecule has 2 unspecified atom stereocenters. The maximum Gasteiger partial charge on any atom is 0.321 e. The van der Waals surface area contributed by atoms with Crippen molar-refractivity contribution in [3.8, 4) is 0 Å². The molecule has 1 heterocycles. The normalized spacial score (nSPS) is 22.2. The summed E-state index contributed by atoms with van der Waals surface area (Å²) in [4.78, 5) is 23.5. The zero-order chi connectivity index (χ0) is 14.0. The third-order valence-corrected chi connectivity index (χ3v) is 3.71. The largest absolute Gasteiger partial charge is 0.465 e. The lowest BCUT2D eigenvalue weighted by Crippen LogP contribution is -2.26. The van der Waals surface area contributed by atoms with Crippen molar-refractivity contribution < 1.29 is 19.1 Å². The number of hydrogen-bond donors (Lipinski definition) is 0. The first kappa shape index (κ1) is 14.2. The molecule has 1 aliphatic heterocycles. The number of cyclic esters (lactones) is 1. The van der Waals surface area contributed by atoms with Crippen molar-refractivity contribution in [2.24, 2.45) is 5.92 Å². The Hall–Kier alpha value is -1.26. The van der Waals surface area contributed by atoms with Gasteiger partial charge < -0.3 is 9.47 Å². The van der Waals surface area contributed by atoms with Crippen LogP contribution in [0.25, 0.3) is 0 Å². The van der Waals surface area contributed by atoms with Crippen LogP contribution in [-0.4, -0.2) is 25.2 Å². The Labute approximate surface area is 120 Å². The molecule has 0 amide bonds. The summed E-state index contributed by atoms with van der Waals surface area (Å²) in [5.41, 5.74) is 0.735. The number of halogens is 2. The smallest absolute Gasteiger partial charge is 0.321 e. The van der Waals surface area contributed by atoms with E-state index in [0.29, 0.717) is 10.0 Å². The lowest BCUT2D eigenvalue weighted by Gasteiger charge is -2.14. The fourth-order valence-electron chi connectivity index (χ4n) is 2.05. The molecule has 6 heteroatoms. The van der Waals surface area contributed by atoms with Crippen LogP contribution in [-0.2, 0) is 19.1 Å². The average molecular weight is 303 g/mol. The fourth-order valence-corrected chi connectivity index (χ4v) is 2.35. The molecule has 1 aromatic rings. The summed E-state index contributed by atoms with van der Waals surface area (Å²) in [6, 6.07) is 5.00. The molecule has 0 aliphatic carbocycles. The van der Waals surface area contributed by atoms with Crippen LogP contribution < -0.4 is 0 Å². The Morgan fingerprint density at radius 3 is 2.79 bits per heavy atom. The third-order valence-electron chi connectivity index (χ3n) is 2.97. The van der Waals surface area contributed by atoms with Crippen molar-refractivity contribution in [3.05, 3.63) is 33.8 Å². The number of hydrogen-bond acceptors (Lipinski definition) is 4. The summed E-state index contributed by atoms with van der Waals surface area (Å²) in [5.74, 6) is -2.45. The van der Waals surface area contributed by atoms with Crippen LogP contribution in [0, 0.1) is 5.92 Å². The highest BCUT2D eigenvalue weighted by Crippen LogP contribution is 2.35. The second kappa shape index (κ2) is 5.80. The Bertz CT molecular complexity index is 515. The van der Waals surface area contributed by atoms with Crippen LogP contribution >= 0.6 is 23.2 Å². The molecule has 0 N–H and O–H groups in total. The molecule has 2 rings (SSSR count). The number of ether oxygens (including phenoxy) is 2. The van der Waals surface area contributed by atoms with Gasteiger partial charge in [-0.25, -0.2) is 0 Å². The second-order valence-corrected chi connectivity index (χ2v) is 4.95. The molecule has 0 radical (unpaired) electrons. The molecule has 0 aromatic heterocycles. The number of carbonyl (C=O) groups excluding carboxylic acids is 2. The van der Waals surface area contributed by atoms with Gasteiger partial charge in [-0.05, 0) is 24.6 Å². The van der Waals surface area contributed by atoms with Gasteiger partial charge >= 0.3 is 11.9 Å². The quantitative estimate of drug-likeness (QED) is 0.636. The molecular formula is C13H12Cl2O4. The van der Waals surface area contributed by atoms with E-state index in [1.165, 1.54) is 0 Å². The van der Waals surface area contributed by atoms with Gasteiger partial charge in [0.05, 0.1) is 23.3 Å². The van der Waals surface area contributed by atoms with Crippen molar-refractivity contribution in [2.45, 2.75) is 12.8 Å². The van der Waals surface area contributed by atoms with E-state index >= 15 is 0 Å². The van der Waals surface area contributed by atoms with Gasteiger partial charge in [0.25, 0.3) is 0 Å². The highest BCUT2D eigenvalue weighted by Gasteiger charge is 2.44. The van der Waals surface area contributed by atoms with E-state index in [-0.39, 0.29) is 19.1 Å². The van der Waals surface area contributed by atoms with Crippen molar-refractivity contribution in [3.63, 3.8) is 0 Å². The molecule has 1 saturated heterocycles. The van der Waals surface area contributed by atoms with Gasteiger partial charge in [-0.15, -0.1) is 0 Å². The Kier molecular flexibility index (Phi) is 4.32. The summed E-state index contributed by atoms with van der Waals surface area (Å²) in [6.07, 6.45) is 0. The van der Waals surface area contributed by atoms with Gasteiger partial charge in [0.1, 0.15) is 0 Å². The molecule has 4 nitrogen and oxygen atoms in total. The molecule has 19 heavy (non-hydrogen) atoms. The van der Waals surface area contributed by atoms with Gasteiger partial charge in [0, 0.05) is 5.92 Å². The maximum absolute atomic E-state index is 11.8. The Morgan fingerprint density at radius 1 is 1.42 bits per heavy atom. The monoisotopic (exact) mass is 302 g/mol. The molecule has 1 aliphatic rings. The van der Waals surface area contributed by atoms with Crippen molar-refractivity contribution in [2.75, 3.05) is 13.2 Å². The molecule has 0 saturated carbocycles. The summed E-state index contributed by atoms with van der Waals surface area (Å²) >= 11 is 11.8. The SMILES string of the molecule is CCOC(=O)C1C(=O)OCC1c1ccc(Cl)c(Cl)c1. The van der Waals surface area contributed by atoms with Crippen LogP contribution in [0.1, 0.15) is 18.4 Å². The van der Waals surface area contributed by atoms with E-state index < -0.39 is 17.9 Å². The van der Waals surface area contributed by atoms with Crippen LogP contribution in [0.2, 0.25) is 10.0 Å². The lowest BCUT2D eigenvalue weighted by atomic mass is 9.88. The van der Waals surface area contributed by atoms with Crippen molar-refractivity contribution in [1.29, 1.82) is 0 Å². The minimum Gasteiger partial charge on any atom is -0.465 e. The van der Waals surface area contributed by atoms with Crippen LogP contribution in [0.3, 0.4) is 0 Å². The Morgan fingerprint density at radius 2 is 2.16 bits per heavy atom. The van der Waals surface area contributed by atoms with Crippen molar-refractivity contribution in [1.82, 2.24) is 0 Å². The second-order valence-electron chi connectivity index (χ2n) is 4.14. The fraction of sp³-hybridized carbons (Fsp3) is 0.385. The molecule has 0 spiro atoms. The molecule has 102 valence electrons. The van der Waals surface area contributed by atoms with E-state index in [1.807, 2.05) is 0 Å².